The van der Waals surface area contributed by atoms with Gasteiger partial charge in [-0.1, -0.05) is 0 Å². The number of nitrogens with zero attached hydrogens (tertiary/aromatic N) is 2. The van der Waals surface area contributed by atoms with Gasteiger partial charge in [0, 0.05) is 29.9 Å². The number of nitrogens with one attached hydrogen (secondary N) is 2. The molecule has 2 aromatic rings. The fourth-order valence-electron chi connectivity index (χ4n) is 1.84. The molecule has 0 aromatic carbocycles. The van der Waals surface area contributed by atoms with Gasteiger partial charge in [-0.05, 0) is 37.5 Å². The minimum atomic E-state index is -3.62. The van der Waals surface area contributed by atoms with Crippen LogP contribution in [0.3, 0.4) is 0 Å². The van der Waals surface area contributed by atoms with Gasteiger partial charge >= 0.3 is 0 Å². The van der Waals surface area contributed by atoms with Crippen molar-refractivity contribution in [3.8, 4) is 0 Å². The molecule has 0 atom stereocenters. The second-order valence-electron chi connectivity index (χ2n) is 5.00. The summed E-state index contributed by atoms with van der Waals surface area (Å²) in [6.07, 6.45) is 5.41. The SMILES string of the molecule is Cc1cc(S(=O)(=O)Nc2ncccn2)sc1CNC1CC1. The normalized spacial score (nSPS) is 15.1. The molecule has 1 aliphatic carbocycles. The molecular formula is C13H16N4O2S2. The summed E-state index contributed by atoms with van der Waals surface area (Å²) < 4.78 is 27.3. The molecule has 3 rings (SSSR count). The molecule has 21 heavy (non-hydrogen) atoms. The highest BCUT2D eigenvalue weighted by molar-refractivity contribution is 7.94. The van der Waals surface area contributed by atoms with Crippen LogP contribution in [0, 0.1) is 6.92 Å². The van der Waals surface area contributed by atoms with E-state index in [1.807, 2.05) is 6.92 Å². The molecule has 2 aromatic heterocycles. The number of anilines is 1. The van der Waals surface area contributed by atoms with Crippen molar-refractivity contribution in [3.05, 3.63) is 35.0 Å². The van der Waals surface area contributed by atoms with Gasteiger partial charge in [-0.15, -0.1) is 11.3 Å². The maximum Gasteiger partial charge on any atom is 0.273 e. The monoisotopic (exact) mass is 324 g/mol. The Balaban J connectivity index is 1.76. The van der Waals surface area contributed by atoms with E-state index in [4.69, 9.17) is 0 Å². The topological polar surface area (TPSA) is 84.0 Å². The van der Waals surface area contributed by atoms with Crippen molar-refractivity contribution in [2.45, 2.75) is 36.6 Å². The Bertz CT molecular complexity index is 724. The van der Waals surface area contributed by atoms with Gasteiger partial charge in [-0.25, -0.2) is 23.1 Å². The number of rotatable bonds is 6. The molecule has 0 unspecified atom stereocenters. The Morgan fingerprint density at radius 1 is 1.33 bits per heavy atom. The molecule has 0 bridgehead atoms. The van der Waals surface area contributed by atoms with Gasteiger partial charge in [-0.2, -0.15) is 0 Å². The Kier molecular flexibility index (Phi) is 3.92. The number of hydrogen-bond donors (Lipinski definition) is 2. The van der Waals surface area contributed by atoms with Crippen molar-refractivity contribution >= 4 is 27.3 Å². The molecule has 0 spiro atoms. The van der Waals surface area contributed by atoms with Crippen LogP contribution < -0.4 is 10.0 Å². The Morgan fingerprint density at radius 3 is 2.71 bits per heavy atom. The third-order valence-corrected chi connectivity index (χ3v) is 6.22. The molecule has 0 amide bonds. The van der Waals surface area contributed by atoms with Crippen molar-refractivity contribution in [1.29, 1.82) is 0 Å². The second kappa shape index (κ2) is 5.70. The number of thiophene rings is 1. The molecule has 1 saturated carbocycles. The average molecular weight is 324 g/mol. The van der Waals surface area contributed by atoms with Gasteiger partial charge in [0.1, 0.15) is 4.21 Å². The fraction of sp³-hybridized carbons (Fsp3) is 0.385. The van der Waals surface area contributed by atoms with Gasteiger partial charge in [0.2, 0.25) is 5.95 Å². The van der Waals surface area contributed by atoms with Crippen LogP contribution in [0.4, 0.5) is 5.95 Å². The molecule has 0 radical (unpaired) electrons. The van der Waals surface area contributed by atoms with Crippen LogP contribution in [0.25, 0.3) is 0 Å². The van der Waals surface area contributed by atoms with Crippen molar-refractivity contribution in [2.24, 2.45) is 0 Å². The van der Waals surface area contributed by atoms with E-state index in [0.29, 0.717) is 10.3 Å². The summed E-state index contributed by atoms with van der Waals surface area (Å²) in [7, 11) is -3.62. The van der Waals surface area contributed by atoms with Gasteiger partial charge in [0.05, 0.1) is 0 Å². The van der Waals surface area contributed by atoms with E-state index < -0.39 is 10.0 Å². The average Bonchev–Trinajstić information content (AvgIpc) is 3.20. The molecule has 0 aliphatic heterocycles. The highest BCUT2D eigenvalue weighted by Crippen LogP contribution is 2.28. The molecule has 1 aliphatic rings. The molecule has 6 nitrogen and oxygen atoms in total. The molecule has 0 saturated heterocycles. The molecular weight excluding hydrogens is 308 g/mol. The number of sulfonamides is 1. The minimum Gasteiger partial charge on any atom is -0.309 e. The first-order valence-electron chi connectivity index (χ1n) is 6.67. The first-order valence-corrected chi connectivity index (χ1v) is 8.97. The van der Waals surface area contributed by atoms with E-state index in [9.17, 15) is 8.42 Å². The van der Waals surface area contributed by atoms with Crippen molar-refractivity contribution in [2.75, 3.05) is 4.72 Å². The number of aromatic nitrogens is 2. The maximum atomic E-state index is 12.3. The van der Waals surface area contributed by atoms with Crippen LogP contribution in [0.15, 0.2) is 28.7 Å². The third-order valence-electron chi connectivity index (χ3n) is 3.18. The summed E-state index contributed by atoms with van der Waals surface area (Å²) in [5.41, 5.74) is 0.988. The first kappa shape index (κ1) is 14.4. The van der Waals surface area contributed by atoms with Crippen LogP contribution in [-0.4, -0.2) is 24.4 Å². The molecule has 112 valence electrons. The van der Waals surface area contributed by atoms with E-state index in [0.717, 1.165) is 17.0 Å². The van der Waals surface area contributed by atoms with Gasteiger partial charge < -0.3 is 5.32 Å². The molecule has 2 heterocycles. The smallest absolute Gasteiger partial charge is 0.273 e. The summed E-state index contributed by atoms with van der Waals surface area (Å²) in [6.45, 7) is 2.65. The summed E-state index contributed by atoms with van der Waals surface area (Å²) in [6, 6.07) is 3.93. The van der Waals surface area contributed by atoms with E-state index in [2.05, 4.69) is 20.0 Å². The summed E-state index contributed by atoms with van der Waals surface area (Å²) >= 11 is 1.29. The van der Waals surface area contributed by atoms with Crippen LogP contribution in [-0.2, 0) is 16.6 Å². The zero-order valence-electron chi connectivity index (χ0n) is 11.5. The lowest BCUT2D eigenvalue weighted by atomic mass is 10.3. The van der Waals surface area contributed by atoms with Crippen molar-refractivity contribution in [3.63, 3.8) is 0 Å². The van der Waals surface area contributed by atoms with Crippen LogP contribution >= 0.6 is 11.3 Å². The van der Waals surface area contributed by atoms with E-state index in [1.165, 1.54) is 36.6 Å². The highest BCUT2D eigenvalue weighted by Gasteiger charge is 2.23. The van der Waals surface area contributed by atoms with Gasteiger partial charge in [-0.3, -0.25) is 0 Å². The summed E-state index contributed by atoms with van der Waals surface area (Å²) in [4.78, 5) is 8.81. The predicted octanol–water partition coefficient (Wildman–Crippen LogP) is 1.90. The van der Waals surface area contributed by atoms with Crippen LogP contribution in [0.1, 0.15) is 23.3 Å². The lowest BCUT2D eigenvalue weighted by Gasteiger charge is -2.03. The Hall–Kier alpha value is -1.51. The van der Waals surface area contributed by atoms with Gasteiger partial charge in [0.25, 0.3) is 10.0 Å². The van der Waals surface area contributed by atoms with Crippen molar-refractivity contribution < 1.29 is 8.42 Å². The van der Waals surface area contributed by atoms with Crippen molar-refractivity contribution in [1.82, 2.24) is 15.3 Å². The molecule has 1 fully saturated rings. The Morgan fingerprint density at radius 2 is 2.05 bits per heavy atom. The zero-order valence-corrected chi connectivity index (χ0v) is 13.2. The predicted molar refractivity (Wildman–Crippen MR) is 81.8 cm³/mol. The maximum absolute atomic E-state index is 12.3. The van der Waals surface area contributed by atoms with Gasteiger partial charge in [0.15, 0.2) is 0 Å². The van der Waals surface area contributed by atoms with E-state index in [1.54, 1.807) is 12.1 Å². The standard InChI is InChI=1S/C13H16N4O2S2/c1-9-7-12(20-11(9)8-16-10-3-4-10)21(18,19)17-13-14-5-2-6-15-13/h2,5-7,10,16H,3-4,8H2,1H3,(H,14,15,17). The summed E-state index contributed by atoms with van der Waals surface area (Å²) in [5, 5.41) is 3.40. The van der Waals surface area contributed by atoms with E-state index in [-0.39, 0.29) is 5.95 Å². The minimum absolute atomic E-state index is 0.0845. The molecule has 8 heteroatoms. The fourth-order valence-corrected chi connectivity index (χ4v) is 4.34. The molecule has 2 N–H and O–H groups in total. The Labute approximate surface area is 127 Å². The summed E-state index contributed by atoms with van der Waals surface area (Å²) in [5.74, 6) is 0.0845. The number of aryl methyl sites for hydroxylation is 1. The van der Waals surface area contributed by atoms with Crippen LogP contribution in [0.5, 0.6) is 0 Å². The largest absolute Gasteiger partial charge is 0.309 e. The van der Waals surface area contributed by atoms with E-state index >= 15 is 0 Å². The second-order valence-corrected chi connectivity index (χ2v) is 8.05. The lowest BCUT2D eigenvalue weighted by Crippen LogP contribution is -2.15. The zero-order chi connectivity index (χ0) is 14.9. The first-order chi connectivity index (χ1) is 10.0. The third kappa shape index (κ3) is 3.58. The number of hydrogen-bond acceptors (Lipinski definition) is 6. The highest BCUT2D eigenvalue weighted by atomic mass is 32.2. The quantitative estimate of drug-likeness (QED) is 0.848. The van der Waals surface area contributed by atoms with Crippen LogP contribution in [0.2, 0.25) is 0 Å². The lowest BCUT2D eigenvalue weighted by molar-refractivity contribution is 0.602.